The van der Waals surface area contributed by atoms with Crippen LogP contribution >= 0.6 is 11.6 Å². The minimum Gasteiger partial charge on any atom is -0.383 e. The maximum atomic E-state index is 13.9. The first-order chi connectivity index (χ1) is 20.4. The molecule has 226 valence electrons. The number of likely N-dealkylation sites (tertiary alicyclic amines) is 1. The molecule has 1 amide bonds. The van der Waals surface area contributed by atoms with E-state index in [1.54, 1.807) is 4.90 Å². The fourth-order valence-corrected chi connectivity index (χ4v) is 6.39. The molecule has 2 aliphatic rings. The van der Waals surface area contributed by atoms with E-state index in [4.69, 9.17) is 23.1 Å². The number of amides is 1. The van der Waals surface area contributed by atoms with Crippen molar-refractivity contribution in [3.05, 3.63) is 87.8 Å². The maximum absolute atomic E-state index is 13.9. The predicted octanol–water partition coefficient (Wildman–Crippen LogP) is 3.18. The van der Waals surface area contributed by atoms with E-state index in [0.29, 0.717) is 44.1 Å². The topological polar surface area (TPSA) is 173 Å². The van der Waals surface area contributed by atoms with Gasteiger partial charge in [-0.2, -0.15) is 0 Å². The molecule has 2 aliphatic heterocycles. The van der Waals surface area contributed by atoms with Crippen LogP contribution in [0.1, 0.15) is 52.1 Å². The molecule has 0 radical (unpaired) electrons. The Balaban J connectivity index is 1.20. The molecular weight excluding hydrogens is 604 g/mol. The van der Waals surface area contributed by atoms with Crippen molar-refractivity contribution in [2.24, 2.45) is 0 Å². The molecule has 1 aromatic heterocycles. The van der Waals surface area contributed by atoms with Gasteiger partial charge in [0, 0.05) is 54.1 Å². The zero-order valence-corrected chi connectivity index (χ0v) is 24.3. The number of hydrogen-bond donors (Lipinski definition) is 4. The zero-order valence-electron chi connectivity index (χ0n) is 22.7. The van der Waals surface area contributed by atoms with Gasteiger partial charge in [0.15, 0.2) is 22.5 Å². The highest BCUT2D eigenvalue weighted by atomic mass is 35.5. The van der Waals surface area contributed by atoms with E-state index in [-0.39, 0.29) is 56.5 Å². The summed E-state index contributed by atoms with van der Waals surface area (Å²) in [6.07, 6.45) is 4.02. The Morgan fingerprint density at radius 2 is 1.81 bits per heavy atom. The fraction of sp³-hybridized carbons (Fsp3) is 0.286. The van der Waals surface area contributed by atoms with Gasteiger partial charge in [-0.3, -0.25) is 9.59 Å². The Hall–Kier alpha value is -4.14. The molecule has 0 bridgehead atoms. The number of hydrogen-bond acceptors (Lipinski definition) is 9. The van der Waals surface area contributed by atoms with E-state index in [9.17, 15) is 26.8 Å². The van der Waals surface area contributed by atoms with Crippen molar-refractivity contribution in [1.29, 1.82) is 0 Å². The number of aromatic nitrogens is 2. The number of nitrogen functional groups attached to an aromatic ring is 2. The molecule has 0 saturated carbocycles. The summed E-state index contributed by atoms with van der Waals surface area (Å²) in [5, 5.41) is 3.33. The summed E-state index contributed by atoms with van der Waals surface area (Å²) >= 11 is 5.89. The van der Waals surface area contributed by atoms with Crippen LogP contribution in [0.15, 0.2) is 59.1 Å². The molecule has 0 unspecified atom stereocenters. The van der Waals surface area contributed by atoms with Crippen molar-refractivity contribution in [2.75, 3.05) is 24.6 Å². The number of rotatable bonds is 7. The second-order valence-corrected chi connectivity index (χ2v) is 12.6. The minimum absolute atomic E-state index is 0.0187. The van der Waals surface area contributed by atoms with Crippen LogP contribution in [0.5, 0.6) is 0 Å². The number of anilines is 2. The average Bonchev–Trinajstić information content (AvgIpc) is 3.35. The Morgan fingerprint density at radius 3 is 2.53 bits per heavy atom. The summed E-state index contributed by atoms with van der Waals surface area (Å²) < 4.78 is 55.1. The molecule has 2 fully saturated rings. The van der Waals surface area contributed by atoms with Gasteiger partial charge in [0.1, 0.15) is 11.6 Å². The van der Waals surface area contributed by atoms with Gasteiger partial charge in [-0.1, -0.05) is 23.7 Å². The van der Waals surface area contributed by atoms with Crippen LogP contribution in [0.2, 0.25) is 5.15 Å². The van der Waals surface area contributed by atoms with Crippen molar-refractivity contribution in [2.45, 2.75) is 42.7 Å². The highest BCUT2D eigenvalue weighted by molar-refractivity contribution is 7.89. The number of ketones is 1. The third-order valence-corrected chi connectivity index (χ3v) is 9.29. The molecule has 1 spiro atoms. The Bertz CT molecular complexity index is 1740. The zero-order chi connectivity index (χ0) is 30.9. The van der Waals surface area contributed by atoms with Gasteiger partial charge < -0.3 is 21.7 Å². The van der Waals surface area contributed by atoms with E-state index in [0.717, 1.165) is 18.6 Å². The highest BCUT2D eigenvalue weighted by Crippen LogP contribution is 2.35. The number of nitrogens with one attached hydrogen (secondary N) is 2. The van der Waals surface area contributed by atoms with Crippen LogP contribution in [-0.4, -0.2) is 53.6 Å². The number of halogens is 3. The molecule has 3 heterocycles. The van der Waals surface area contributed by atoms with Crippen molar-refractivity contribution in [3.8, 4) is 0 Å². The van der Waals surface area contributed by atoms with Gasteiger partial charge in [0.05, 0.1) is 4.90 Å². The lowest BCUT2D eigenvalue weighted by Crippen LogP contribution is -2.51. The van der Waals surface area contributed by atoms with E-state index in [1.807, 2.05) is 0 Å². The quantitative estimate of drug-likeness (QED) is 0.226. The molecule has 11 nitrogen and oxygen atoms in total. The van der Waals surface area contributed by atoms with Gasteiger partial charge in [-0.25, -0.2) is 31.9 Å². The Kier molecular flexibility index (Phi) is 8.36. The lowest BCUT2D eigenvalue weighted by molar-refractivity contribution is 0.0659. The van der Waals surface area contributed by atoms with Gasteiger partial charge >= 0.3 is 0 Å². The van der Waals surface area contributed by atoms with Gasteiger partial charge in [-0.15, -0.1) is 0 Å². The highest BCUT2D eigenvalue weighted by Gasteiger charge is 2.40. The summed E-state index contributed by atoms with van der Waals surface area (Å²) in [5.74, 6) is -2.59. The third-order valence-electron chi connectivity index (χ3n) is 7.61. The lowest BCUT2D eigenvalue weighted by Gasteiger charge is -2.39. The summed E-state index contributed by atoms with van der Waals surface area (Å²) in [6.45, 7) is 0.445. The van der Waals surface area contributed by atoms with Crippen LogP contribution < -0.4 is 21.5 Å². The van der Waals surface area contributed by atoms with Gasteiger partial charge in [-0.05, 0) is 49.9 Å². The molecule has 6 N–H and O–H groups in total. The van der Waals surface area contributed by atoms with Crippen LogP contribution in [0.4, 0.5) is 20.4 Å². The summed E-state index contributed by atoms with van der Waals surface area (Å²) in [6, 6.07) is 8.47. The standard InChI is InChI=1S/C28H28ClF2N7O4S/c29-24-26(33)36-25(32)23(35-24)22(39)14-19-6-7-28(37-19)8-10-38(11-9-28)27(40)16-2-1-3-20(12-16)43(41,42)34-15-17-4-5-18(30)13-21(17)31/h1-5,12-14,34,37H,6-11,15H2,(H4,32,33,36)/b19-14+. The van der Waals surface area contributed by atoms with E-state index >= 15 is 0 Å². The molecule has 43 heavy (non-hydrogen) atoms. The molecule has 2 aromatic carbocycles. The van der Waals surface area contributed by atoms with E-state index in [2.05, 4.69) is 20.0 Å². The molecule has 5 rings (SSSR count). The van der Waals surface area contributed by atoms with Crippen molar-refractivity contribution >= 4 is 45.0 Å². The normalized spacial score (nSPS) is 17.3. The minimum atomic E-state index is -4.09. The Morgan fingerprint density at radius 1 is 1.07 bits per heavy atom. The van der Waals surface area contributed by atoms with Crippen LogP contribution in [-0.2, 0) is 16.6 Å². The second kappa shape index (κ2) is 11.9. The van der Waals surface area contributed by atoms with Gasteiger partial charge in [0.25, 0.3) is 5.91 Å². The smallest absolute Gasteiger partial charge is 0.253 e. The monoisotopic (exact) mass is 631 g/mol. The first kappa shape index (κ1) is 30.3. The number of nitrogens with two attached hydrogens (primary N) is 2. The molecule has 2 saturated heterocycles. The lowest BCUT2D eigenvalue weighted by atomic mass is 9.86. The molecule has 15 heteroatoms. The summed E-state index contributed by atoms with van der Waals surface area (Å²) in [7, 11) is -4.09. The third kappa shape index (κ3) is 6.60. The molecular formula is C28H28ClF2N7O4S. The number of sulfonamides is 1. The fourth-order valence-electron chi connectivity index (χ4n) is 5.21. The number of carbonyl (C=O) groups is 2. The van der Waals surface area contributed by atoms with Crippen molar-refractivity contribution in [3.63, 3.8) is 0 Å². The van der Waals surface area contributed by atoms with Crippen LogP contribution in [0.3, 0.4) is 0 Å². The SMILES string of the molecule is Nc1nc(N)c(C(=O)/C=C2\CCC3(CCN(C(=O)c4cccc(S(=O)(=O)NCc5ccc(F)cc5F)c4)CC3)N2)nc1Cl. The van der Waals surface area contributed by atoms with Crippen LogP contribution in [0, 0.1) is 11.6 Å². The van der Waals surface area contributed by atoms with Crippen LogP contribution in [0.25, 0.3) is 0 Å². The number of piperidine rings is 1. The summed E-state index contributed by atoms with van der Waals surface area (Å²) in [5.41, 5.74) is 11.9. The largest absolute Gasteiger partial charge is 0.383 e. The Labute approximate surface area is 251 Å². The average molecular weight is 632 g/mol. The number of allylic oxidation sites excluding steroid dienone is 2. The van der Waals surface area contributed by atoms with E-state index in [1.165, 1.54) is 30.3 Å². The number of benzene rings is 2. The first-order valence-corrected chi connectivity index (χ1v) is 15.2. The summed E-state index contributed by atoms with van der Waals surface area (Å²) in [4.78, 5) is 35.3. The molecule has 0 aliphatic carbocycles. The van der Waals surface area contributed by atoms with Crippen molar-refractivity contribution < 1.29 is 26.8 Å². The van der Waals surface area contributed by atoms with Gasteiger partial charge in [0.2, 0.25) is 15.8 Å². The number of nitrogens with zero attached hydrogens (tertiary/aromatic N) is 3. The van der Waals surface area contributed by atoms with E-state index < -0.39 is 27.4 Å². The first-order valence-electron chi connectivity index (χ1n) is 13.3. The predicted molar refractivity (Wildman–Crippen MR) is 155 cm³/mol. The maximum Gasteiger partial charge on any atom is 0.253 e. The second-order valence-electron chi connectivity index (χ2n) is 10.5. The van der Waals surface area contributed by atoms with Crippen molar-refractivity contribution in [1.82, 2.24) is 24.9 Å². The molecule has 0 atom stereocenters. The number of carbonyl (C=O) groups excluding carboxylic acids is 2. The molecule has 3 aromatic rings.